The van der Waals surface area contributed by atoms with Crippen LogP contribution in [0.1, 0.15) is 47.0 Å². The van der Waals surface area contributed by atoms with Crippen molar-refractivity contribution < 1.29 is 4.79 Å². The fourth-order valence-corrected chi connectivity index (χ4v) is 3.30. The van der Waals surface area contributed by atoms with E-state index >= 15 is 0 Å². The van der Waals surface area contributed by atoms with Crippen LogP contribution in [0.5, 0.6) is 0 Å². The minimum atomic E-state index is 0.153. The van der Waals surface area contributed by atoms with Crippen molar-refractivity contribution in [1.29, 1.82) is 0 Å². The maximum Gasteiger partial charge on any atom is 0.224 e. The standard InChI is InChI=1S/C14H26N2O/c1-13(2)11(14(13,3)4)12(17)16-10-6-5-8-15-9-7-10/h10-11,15H,5-9H2,1-4H3,(H,16,17). The molecule has 1 aliphatic carbocycles. The van der Waals surface area contributed by atoms with Crippen LogP contribution in [0.15, 0.2) is 0 Å². The smallest absolute Gasteiger partial charge is 0.224 e. The van der Waals surface area contributed by atoms with E-state index in [0.717, 1.165) is 25.9 Å². The van der Waals surface area contributed by atoms with Gasteiger partial charge in [-0.25, -0.2) is 0 Å². The molecule has 1 atom stereocenters. The molecule has 1 heterocycles. The highest BCUT2D eigenvalue weighted by Crippen LogP contribution is 2.68. The number of nitrogens with one attached hydrogen (secondary N) is 2. The maximum atomic E-state index is 12.3. The van der Waals surface area contributed by atoms with E-state index in [1.54, 1.807) is 0 Å². The second-order valence-electron chi connectivity index (χ2n) is 6.76. The van der Waals surface area contributed by atoms with Gasteiger partial charge in [-0.2, -0.15) is 0 Å². The molecule has 1 saturated carbocycles. The minimum Gasteiger partial charge on any atom is -0.353 e. The number of amides is 1. The fourth-order valence-electron chi connectivity index (χ4n) is 3.30. The Morgan fingerprint density at radius 1 is 1.12 bits per heavy atom. The van der Waals surface area contributed by atoms with Crippen LogP contribution in [0.3, 0.4) is 0 Å². The summed E-state index contributed by atoms with van der Waals surface area (Å²) in [6, 6.07) is 0.379. The molecule has 2 fully saturated rings. The van der Waals surface area contributed by atoms with Gasteiger partial charge in [0.15, 0.2) is 0 Å². The van der Waals surface area contributed by atoms with Crippen molar-refractivity contribution in [2.24, 2.45) is 16.7 Å². The summed E-state index contributed by atoms with van der Waals surface area (Å²) in [5.74, 6) is 0.457. The van der Waals surface area contributed by atoms with E-state index in [1.807, 2.05) is 0 Å². The Kier molecular flexibility index (Phi) is 3.23. The quantitative estimate of drug-likeness (QED) is 0.772. The topological polar surface area (TPSA) is 41.1 Å². The highest BCUT2D eigenvalue weighted by atomic mass is 16.2. The molecule has 2 rings (SSSR count). The molecule has 1 amide bonds. The van der Waals surface area contributed by atoms with E-state index in [9.17, 15) is 4.79 Å². The van der Waals surface area contributed by atoms with Crippen molar-refractivity contribution in [3.8, 4) is 0 Å². The van der Waals surface area contributed by atoms with Gasteiger partial charge in [0.05, 0.1) is 0 Å². The molecule has 17 heavy (non-hydrogen) atoms. The Morgan fingerprint density at radius 2 is 1.76 bits per heavy atom. The molecule has 2 aliphatic rings. The van der Waals surface area contributed by atoms with E-state index < -0.39 is 0 Å². The maximum absolute atomic E-state index is 12.3. The minimum absolute atomic E-state index is 0.153. The van der Waals surface area contributed by atoms with Crippen LogP contribution < -0.4 is 10.6 Å². The normalized spacial score (nSPS) is 31.6. The average molecular weight is 238 g/mol. The Morgan fingerprint density at radius 3 is 2.35 bits per heavy atom. The van der Waals surface area contributed by atoms with Crippen LogP contribution in [0.25, 0.3) is 0 Å². The predicted octanol–water partition coefficient (Wildman–Crippen LogP) is 1.93. The van der Waals surface area contributed by atoms with E-state index in [0.29, 0.717) is 6.04 Å². The number of hydrogen-bond donors (Lipinski definition) is 2. The van der Waals surface area contributed by atoms with Crippen LogP contribution in [0.2, 0.25) is 0 Å². The van der Waals surface area contributed by atoms with Gasteiger partial charge < -0.3 is 10.6 Å². The summed E-state index contributed by atoms with van der Waals surface area (Å²) in [6.45, 7) is 10.9. The van der Waals surface area contributed by atoms with Gasteiger partial charge in [0.2, 0.25) is 5.91 Å². The molecule has 2 N–H and O–H groups in total. The molecule has 0 aromatic carbocycles. The van der Waals surface area contributed by atoms with Crippen LogP contribution in [0.4, 0.5) is 0 Å². The highest BCUT2D eigenvalue weighted by molar-refractivity contribution is 5.84. The first kappa shape index (κ1) is 12.9. The van der Waals surface area contributed by atoms with E-state index in [1.165, 1.54) is 6.42 Å². The zero-order valence-corrected chi connectivity index (χ0v) is 11.6. The zero-order valence-electron chi connectivity index (χ0n) is 11.6. The van der Waals surface area contributed by atoms with Crippen LogP contribution >= 0.6 is 0 Å². The molecule has 3 nitrogen and oxygen atoms in total. The number of rotatable bonds is 2. The van der Waals surface area contributed by atoms with Gasteiger partial charge in [-0.1, -0.05) is 27.7 Å². The molecule has 98 valence electrons. The number of carbonyl (C=O) groups excluding carboxylic acids is 1. The van der Waals surface area contributed by atoms with Gasteiger partial charge in [-0.15, -0.1) is 0 Å². The first-order valence-corrected chi connectivity index (χ1v) is 6.88. The third-order valence-electron chi connectivity index (χ3n) is 5.21. The molecule has 0 spiro atoms. The molecule has 3 heteroatoms. The van der Waals surface area contributed by atoms with E-state index in [2.05, 4.69) is 38.3 Å². The van der Waals surface area contributed by atoms with Gasteiger partial charge in [-0.3, -0.25) is 4.79 Å². The van der Waals surface area contributed by atoms with E-state index in [4.69, 9.17) is 0 Å². The molecule has 1 saturated heterocycles. The summed E-state index contributed by atoms with van der Waals surface area (Å²) in [4.78, 5) is 12.3. The summed E-state index contributed by atoms with van der Waals surface area (Å²) in [7, 11) is 0. The Hall–Kier alpha value is -0.570. The van der Waals surface area contributed by atoms with Crippen molar-refractivity contribution in [1.82, 2.24) is 10.6 Å². The van der Waals surface area contributed by atoms with Gasteiger partial charge >= 0.3 is 0 Å². The second-order valence-corrected chi connectivity index (χ2v) is 6.76. The Labute approximate surface area is 105 Å². The van der Waals surface area contributed by atoms with Crippen molar-refractivity contribution in [3.05, 3.63) is 0 Å². The van der Waals surface area contributed by atoms with Crippen molar-refractivity contribution in [3.63, 3.8) is 0 Å². The SMILES string of the molecule is CC1(C)C(C(=O)NC2CCCNCC2)C1(C)C. The molecule has 1 unspecified atom stereocenters. The third kappa shape index (κ3) is 2.22. The lowest BCUT2D eigenvalue weighted by Gasteiger charge is -2.16. The lowest BCUT2D eigenvalue weighted by molar-refractivity contribution is -0.124. The van der Waals surface area contributed by atoms with Crippen molar-refractivity contribution in [2.75, 3.05) is 13.1 Å². The first-order chi connectivity index (χ1) is 7.87. The monoisotopic (exact) mass is 238 g/mol. The summed E-state index contributed by atoms with van der Waals surface area (Å²) in [5, 5.41) is 6.63. The summed E-state index contributed by atoms with van der Waals surface area (Å²) < 4.78 is 0. The second kappa shape index (κ2) is 4.27. The summed E-state index contributed by atoms with van der Waals surface area (Å²) in [6.07, 6.45) is 3.36. The lowest BCUT2D eigenvalue weighted by Crippen LogP contribution is -2.37. The average Bonchev–Trinajstić information content (AvgIpc) is 2.74. The third-order valence-corrected chi connectivity index (χ3v) is 5.21. The Balaban J connectivity index is 1.90. The molecule has 1 aliphatic heterocycles. The zero-order chi connectivity index (χ0) is 12.7. The van der Waals surface area contributed by atoms with Gasteiger partial charge in [0.1, 0.15) is 0 Å². The largest absolute Gasteiger partial charge is 0.353 e. The van der Waals surface area contributed by atoms with E-state index in [-0.39, 0.29) is 22.7 Å². The van der Waals surface area contributed by atoms with Crippen molar-refractivity contribution in [2.45, 2.75) is 53.0 Å². The lowest BCUT2D eigenvalue weighted by atomic mass is 10.0. The molecule has 0 aromatic heterocycles. The number of carbonyl (C=O) groups is 1. The molecular formula is C14H26N2O. The Bertz CT molecular complexity index is 287. The number of hydrogen-bond acceptors (Lipinski definition) is 2. The van der Waals surface area contributed by atoms with Crippen LogP contribution in [-0.2, 0) is 4.79 Å². The van der Waals surface area contributed by atoms with Crippen LogP contribution in [-0.4, -0.2) is 25.0 Å². The van der Waals surface area contributed by atoms with Crippen LogP contribution in [0, 0.1) is 16.7 Å². The molecule has 0 radical (unpaired) electrons. The molecular weight excluding hydrogens is 212 g/mol. The van der Waals surface area contributed by atoms with Crippen molar-refractivity contribution >= 4 is 5.91 Å². The molecule has 0 aromatic rings. The fraction of sp³-hybridized carbons (Fsp3) is 0.929. The first-order valence-electron chi connectivity index (χ1n) is 6.88. The van der Waals surface area contributed by atoms with Gasteiger partial charge in [0.25, 0.3) is 0 Å². The predicted molar refractivity (Wildman–Crippen MR) is 69.7 cm³/mol. The van der Waals surface area contributed by atoms with Gasteiger partial charge in [-0.05, 0) is 43.2 Å². The molecule has 0 bridgehead atoms. The summed E-state index contributed by atoms with van der Waals surface area (Å²) >= 11 is 0. The van der Waals surface area contributed by atoms with Gasteiger partial charge in [0, 0.05) is 12.0 Å². The summed E-state index contributed by atoms with van der Waals surface area (Å²) in [5.41, 5.74) is 0.306. The highest BCUT2D eigenvalue weighted by Gasteiger charge is 2.68.